The molecule has 8 nitrogen and oxygen atoms in total. The third-order valence-electron chi connectivity index (χ3n) is 4.91. The summed E-state index contributed by atoms with van der Waals surface area (Å²) in [6.45, 7) is 2.68. The molecule has 0 aromatic heterocycles. The Balaban J connectivity index is 2.47. The molecule has 33 heavy (non-hydrogen) atoms. The Kier molecular flexibility index (Phi) is 9.07. The van der Waals surface area contributed by atoms with Gasteiger partial charge >= 0.3 is 0 Å². The van der Waals surface area contributed by atoms with E-state index in [0.29, 0.717) is 6.54 Å². The number of ether oxygens (including phenoxy) is 1. The number of amides is 2. The van der Waals surface area contributed by atoms with Gasteiger partial charge in [-0.2, -0.15) is 0 Å². The van der Waals surface area contributed by atoms with E-state index in [1.165, 1.54) is 50.4 Å². The molecule has 11 heteroatoms. The Bertz CT molecular complexity index is 1110. The van der Waals surface area contributed by atoms with Gasteiger partial charge in [0.25, 0.3) is 0 Å². The summed E-state index contributed by atoms with van der Waals surface area (Å²) in [7, 11) is -2.60. The highest BCUT2D eigenvalue weighted by Crippen LogP contribution is 2.33. The molecule has 1 N–H and O–H groups in total. The van der Waals surface area contributed by atoms with Gasteiger partial charge in [0, 0.05) is 23.7 Å². The predicted molar refractivity (Wildman–Crippen MR) is 125 cm³/mol. The lowest BCUT2D eigenvalue weighted by molar-refractivity contribution is -0.139. The lowest BCUT2D eigenvalue weighted by atomic mass is 10.1. The highest BCUT2D eigenvalue weighted by Gasteiger charge is 2.31. The Hall–Kier alpha value is -2.85. The van der Waals surface area contributed by atoms with Crippen molar-refractivity contribution in [1.82, 2.24) is 10.2 Å². The molecular formula is C22H27ClFN3O5S. The summed E-state index contributed by atoms with van der Waals surface area (Å²) in [5.41, 5.74) is 0.255. The molecular weight excluding hydrogens is 473 g/mol. The highest BCUT2D eigenvalue weighted by atomic mass is 35.5. The monoisotopic (exact) mass is 499 g/mol. The molecule has 0 heterocycles. The zero-order valence-electron chi connectivity index (χ0n) is 18.8. The molecule has 0 fully saturated rings. The zero-order valence-corrected chi connectivity index (χ0v) is 20.4. The van der Waals surface area contributed by atoms with Crippen LogP contribution in [-0.2, 0) is 26.2 Å². The third kappa shape index (κ3) is 6.82. The molecule has 0 saturated heterocycles. The molecule has 0 aliphatic rings. The van der Waals surface area contributed by atoms with Crippen molar-refractivity contribution < 1.29 is 27.1 Å². The van der Waals surface area contributed by atoms with Crippen molar-refractivity contribution in [2.75, 3.05) is 30.8 Å². The van der Waals surface area contributed by atoms with E-state index in [-0.39, 0.29) is 28.6 Å². The Morgan fingerprint density at radius 3 is 2.45 bits per heavy atom. The molecule has 0 spiro atoms. The molecule has 180 valence electrons. The van der Waals surface area contributed by atoms with Crippen LogP contribution in [0.2, 0.25) is 5.02 Å². The first kappa shape index (κ1) is 26.4. The van der Waals surface area contributed by atoms with E-state index >= 15 is 0 Å². The molecule has 0 radical (unpaired) electrons. The number of halogens is 2. The van der Waals surface area contributed by atoms with Gasteiger partial charge in [0.1, 0.15) is 24.2 Å². The van der Waals surface area contributed by atoms with Crippen LogP contribution in [-0.4, -0.2) is 57.6 Å². The Morgan fingerprint density at radius 1 is 1.21 bits per heavy atom. The number of hydrogen-bond donors (Lipinski definition) is 1. The summed E-state index contributed by atoms with van der Waals surface area (Å²) in [6, 6.07) is 9.24. The van der Waals surface area contributed by atoms with Crippen molar-refractivity contribution in [3.63, 3.8) is 0 Å². The minimum atomic E-state index is -3.96. The maximum absolute atomic E-state index is 14.3. The van der Waals surface area contributed by atoms with E-state index in [1.54, 1.807) is 13.0 Å². The quantitative estimate of drug-likeness (QED) is 0.542. The number of carbonyl (C=O) groups is 2. The molecule has 0 aliphatic carbocycles. The number of sulfonamides is 1. The average molecular weight is 500 g/mol. The van der Waals surface area contributed by atoms with Crippen molar-refractivity contribution in [2.24, 2.45) is 0 Å². The number of benzene rings is 2. The second-order valence-electron chi connectivity index (χ2n) is 7.27. The van der Waals surface area contributed by atoms with E-state index in [0.717, 1.165) is 15.5 Å². The molecule has 0 saturated carbocycles. The van der Waals surface area contributed by atoms with E-state index in [9.17, 15) is 22.4 Å². The first-order valence-corrected chi connectivity index (χ1v) is 12.3. The highest BCUT2D eigenvalue weighted by molar-refractivity contribution is 7.92. The van der Waals surface area contributed by atoms with Gasteiger partial charge in [-0.05, 0) is 38.1 Å². The first-order valence-electron chi connectivity index (χ1n) is 10.1. The van der Waals surface area contributed by atoms with Crippen LogP contribution in [0.4, 0.5) is 10.1 Å². The second kappa shape index (κ2) is 11.3. The Morgan fingerprint density at radius 2 is 1.88 bits per heavy atom. The summed E-state index contributed by atoms with van der Waals surface area (Å²) < 4.78 is 45.6. The summed E-state index contributed by atoms with van der Waals surface area (Å²) in [5, 5.41) is 2.87. The maximum Gasteiger partial charge on any atom is 0.244 e. The van der Waals surface area contributed by atoms with E-state index in [2.05, 4.69) is 5.32 Å². The summed E-state index contributed by atoms with van der Waals surface area (Å²) in [4.78, 5) is 27.0. The number of carbonyl (C=O) groups excluding carboxylic acids is 2. The molecule has 2 aromatic carbocycles. The second-order valence-corrected chi connectivity index (χ2v) is 9.61. The van der Waals surface area contributed by atoms with Crippen LogP contribution in [0.25, 0.3) is 0 Å². The van der Waals surface area contributed by atoms with Crippen LogP contribution in [0.5, 0.6) is 5.75 Å². The molecule has 1 atom stereocenters. The van der Waals surface area contributed by atoms with Crippen LogP contribution in [0.1, 0.15) is 19.4 Å². The topological polar surface area (TPSA) is 96.0 Å². The number of nitrogens with one attached hydrogen (secondary N) is 1. The Labute approximate surface area is 198 Å². The van der Waals surface area contributed by atoms with Gasteiger partial charge in [0.15, 0.2) is 0 Å². The molecule has 0 bridgehead atoms. The summed E-state index contributed by atoms with van der Waals surface area (Å²) in [6.07, 6.45) is 0.940. The smallest absolute Gasteiger partial charge is 0.244 e. The van der Waals surface area contributed by atoms with Gasteiger partial charge in [-0.1, -0.05) is 29.8 Å². The van der Waals surface area contributed by atoms with Gasteiger partial charge in [-0.3, -0.25) is 13.9 Å². The number of anilines is 1. The van der Waals surface area contributed by atoms with Crippen molar-refractivity contribution in [3.8, 4) is 5.75 Å². The fraction of sp³-hybridized carbons (Fsp3) is 0.364. The van der Waals surface area contributed by atoms with Crippen molar-refractivity contribution in [3.05, 3.63) is 58.9 Å². The zero-order chi connectivity index (χ0) is 24.8. The van der Waals surface area contributed by atoms with Crippen molar-refractivity contribution in [2.45, 2.75) is 26.4 Å². The van der Waals surface area contributed by atoms with Crippen LogP contribution < -0.4 is 14.4 Å². The van der Waals surface area contributed by atoms with E-state index < -0.39 is 40.2 Å². The number of rotatable bonds is 10. The van der Waals surface area contributed by atoms with Crippen LogP contribution >= 0.6 is 11.6 Å². The van der Waals surface area contributed by atoms with Gasteiger partial charge in [0.2, 0.25) is 21.8 Å². The van der Waals surface area contributed by atoms with Gasteiger partial charge < -0.3 is 15.0 Å². The standard InChI is InChI=1S/C22H27ClFN3O5S/c1-5-25-22(29)15(2)26(13-16-8-6-7-9-18(16)24)21(28)14-27(33(4,30)31)19-12-17(23)10-11-20(19)32-3/h6-12,15H,5,13-14H2,1-4H3,(H,25,29)/t15-/m1/s1. The molecule has 2 rings (SSSR count). The molecule has 0 aliphatic heterocycles. The third-order valence-corrected chi connectivity index (χ3v) is 6.27. The van der Waals surface area contributed by atoms with Crippen molar-refractivity contribution in [1.29, 1.82) is 0 Å². The first-order chi connectivity index (χ1) is 15.5. The normalized spacial score (nSPS) is 12.1. The number of hydrogen-bond acceptors (Lipinski definition) is 5. The number of likely N-dealkylation sites (N-methyl/N-ethyl adjacent to an activating group) is 1. The van der Waals surface area contributed by atoms with Crippen LogP contribution in [0, 0.1) is 5.82 Å². The predicted octanol–water partition coefficient (Wildman–Crippen LogP) is 2.81. The lowest BCUT2D eigenvalue weighted by Gasteiger charge is -2.31. The maximum atomic E-state index is 14.3. The van der Waals surface area contributed by atoms with Crippen LogP contribution in [0.15, 0.2) is 42.5 Å². The number of nitrogens with zero attached hydrogens (tertiary/aromatic N) is 2. The summed E-state index contributed by atoms with van der Waals surface area (Å²) >= 11 is 6.05. The fourth-order valence-corrected chi connectivity index (χ4v) is 4.18. The minimum absolute atomic E-state index is 0.0670. The molecule has 2 amide bonds. The fourth-order valence-electron chi connectivity index (χ4n) is 3.17. The van der Waals surface area contributed by atoms with E-state index in [4.69, 9.17) is 16.3 Å². The van der Waals surface area contributed by atoms with Gasteiger partial charge in [-0.25, -0.2) is 12.8 Å². The van der Waals surface area contributed by atoms with Crippen molar-refractivity contribution >= 4 is 39.1 Å². The average Bonchev–Trinajstić information content (AvgIpc) is 2.75. The minimum Gasteiger partial charge on any atom is -0.495 e. The molecule has 2 aromatic rings. The molecule has 0 unspecified atom stereocenters. The lowest BCUT2D eigenvalue weighted by Crippen LogP contribution is -2.51. The van der Waals surface area contributed by atoms with Gasteiger partial charge in [0.05, 0.1) is 19.1 Å². The largest absolute Gasteiger partial charge is 0.495 e. The van der Waals surface area contributed by atoms with E-state index in [1.807, 2.05) is 0 Å². The van der Waals surface area contributed by atoms with Gasteiger partial charge in [-0.15, -0.1) is 0 Å². The van der Waals surface area contributed by atoms with Crippen LogP contribution in [0.3, 0.4) is 0 Å². The summed E-state index contributed by atoms with van der Waals surface area (Å²) in [5.74, 6) is -1.51. The number of methoxy groups -OCH3 is 1. The SMILES string of the molecule is CCNC(=O)[C@@H](C)N(Cc1ccccc1F)C(=O)CN(c1cc(Cl)ccc1OC)S(C)(=O)=O.